The molecule has 146 valence electrons. The van der Waals surface area contributed by atoms with Gasteiger partial charge in [-0.05, 0) is 55.2 Å². The normalized spacial score (nSPS) is 22.8. The number of nitrogens with zero attached hydrogens (tertiary/aromatic N) is 5. The van der Waals surface area contributed by atoms with E-state index in [9.17, 15) is 4.79 Å². The summed E-state index contributed by atoms with van der Waals surface area (Å²) in [6.45, 7) is 3.54. The van der Waals surface area contributed by atoms with Gasteiger partial charge in [0, 0.05) is 35.8 Å². The van der Waals surface area contributed by atoms with Crippen LogP contribution in [-0.2, 0) is 4.79 Å². The molecule has 3 unspecified atom stereocenters. The molecule has 7 nitrogen and oxygen atoms in total. The predicted octanol–water partition coefficient (Wildman–Crippen LogP) is 2.72. The van der Waals surface area contributed by atoms with Crippen LogP contribution in [0.15, 0.2) is 24.3 Å². The van der Waals surface area contributed by atoms with Crippen LogP contribution >= 0.6 is 24.0 Å². The zero-order valence-electron chi connectivity index (χ0n) is 15.2. The second kappa shape index (κ2) is 8.54. The third-order valence-electron chi connectivity index (χ3n) is 5.32. The van der Waals surface area contributed by atoms with Crippen LogP contribution in [0.4, 0.5) is 0 Å². The Bertz CT molecular complexity index is 780. The quantitative estimate of drug-likeness (QED) is 0.838. The Morgan fingerprint density at radius 3 is 2.74 bits per heavy atom. The Balaban J connectivity index is 0.00000210. The molecule has 1 amide bonds. The van der Waals surface area contributed by atoms with Gasteiger partial charge in [0.2, 0.25) is 11.7 Å². The molecule has 3 heterocycles. The fraction of sp³-hybridized carbons (Fsp3) is 0.556. The minimum atomic E-state index is -0.417. The first-order chi connectivity index (χ1) is 12.6. The first kappa shape index (κ1) is 20.0. The SMILES string of the molecule is CCC(C(=O)N1CCC2CCC(C1)N2)n1nnc(-c2ccc(Cl)cc2)n1.Cl. The van der Waals surface area contributed by atoms with E-state index >= 15 is 0 Å². The average Bonchev–Trinajstić information content (AvgIpc) is 3.23. The van der Waals surface area contributed by atoms with Crippen LogP contribution in [0.2, 0.25) is 5.02 Å². The molecule has 2 saturated heterocycles. The van der Waals surface area contributed by atoms with Crippen molar-refractivity contribution in [1.82, 2.24) is 30.4 Å². The van der Waals surface area contributed by atoms with Gasteiger partial charge in [0.25, 0.3) is 0 Å². The lowest BCUT2D eigenvalue weighted by Gasteiger charge is -2.27. The fourth-order valence-electron chi connectivity index (χ4n) is 3.86. The highest BCUT2D eigenvalue weighted by Crippen LogP contribution is 2.24. The molecule has 27 heavy (non-hydrogen) atoms. The molecule has 0 radical (unpaired) electrons. The molecule has 0 aliphatic carbocycles. The lowest BCUT2D eigenvalue weighted by molar-refractivity contribution is -0.135. The summed E-state index contributed by atoms with van der Waals surface area (Å²) in [7, 11) is 0. The number of nitrogens with one attached hydrogen (secondary N) is 1. The molecular formula is C18H24Cl2N6O. The van der Waals surface area contributed by atoms with E-state index in [-0.39, 0.29) is 18.3 Å². The van der Waals surface area contributed by atoms with Crippen molar-refractivity contribution in [3.05, 3.63) is 29.3 Å². The number of benzene rings is 1. The summed E-state index contributed by atoms with van der Waals surface area (Å²) < 4.78 is 0. The highest BCUT2D eigenvalue weighted by molar-refractivity contribution is 6.30. The largest absolute Gasteiger partial charge is 0.339 e. The number of likely N-dealkylation sites (tertiary alicyclic amines) is 1. The molecule has 4 rings (SSSR count). The summed E-state index contributed by atoms with van der Waals surface area (Å²) in [5, 5.41) is 17.0. The van der Waals surface area contributed by atoms with Crippen molar-refractivity contribution in [2.45, 2.75) is 50.7 Å². The number of hydrogen-bond acceptors (Lipinski definition) is 5. The maximum Gasteiger partial charge on any atom is 0.249 e. The molecule has 1 aromatic carbocycles. The maximum atomic E-state index is 13.1. The fourth-order valence-corrected chi connectivity index (χ4v) is 3.99. The number of amides is 1. The molecule has 2 aliphatic rings. The number of hydrogen-bond donors (Lipinski definition) is 1. The van der Waals surface area contributed by atoms with Crippen molar-refractivity contribution in [3.63, 3.8) is 0 Å². The van der Waals surface area contributed by atoms with E-state index in [4.69, 9.17) is 11.6 Å². The van der Waals surface area contributed by atoms with E-state index in [1.165, 1.54) is 11.2 Å². The molecule has 1 aromatic heterocycles. The highest BCUT2D eigenvalue weighted by atomic mass is 35.5. The van der Waals surface area contributed by atoms with Gasteiger partial charge >= 0.3 is 0 Å². The van der Waals surface area contributed by atoms with Crippen LogP contribution in [0.25, 0.3) is 11.4 Å². The van der Waals surface area contributed by atoms with Crippen LogP contribution in [-0.4, -0.2) is 56.2 Å². The molecule has 9 heteroatoms. The number of aromatic nitrogens is 4. The summed E-state index contributed by atoms with van der Waals surface area (Å²) in [6, 6.07) is 7.84. The number of tetrazole rings is 1. The van der Waals surface area contributed by atoms with E-state index < -0.39 is 6.04 Å². The minimum Gasteiger partial charge on any atom is -0.339 e. The monoisotopic (exact) mass is 410 g/mol. The molecule has 1 N–H and O–H groups in total. The summed E-state index contributed by atoms with van der Waals surface area (Å²) in [6.07, 6.45) is 4.01. The van der Waals surface area contributed by atoms with E-state index in [2.05, 4.69) is 20.7 Å². The van der Waals surface area contributed by atoms with Crippen molar-refractivity contribution in [2.24, 2.45) is 0 Å². The molecule has 0 spiro atoms. The van der Waals surface area contributed by atoms with Gasteiger partial charge in [-0.25, -0.2) is 0 Å². The standard InChI is InChI=1S/C18H23ClN6O.ClH/c1-2-16(18(26)24-10-9-14-7-8-15(11-24)20-14)25-22-17(21-23-25)12-3-5-13(19)6-4-12;/h3-6,14-16,20H,2,7-11H2,1H3;1H. The second-order valence-electron chi connectivity index (χ2n) is 7.08. The molecule has 2 bridgehead atoms. The van der Waals surface area contributed by atoms with Crippen LogP contribution in [0.5, 0.6) is 0 Å². The zero-order valence-corrected chi connectivity index (χ0v) is 16.8. The maximum absolute atomic E-state index is 13.1. The number of carbonyl (C=O) groups excluding carboxylic acids is 1. The lowest BCUT2D eigenvalue weighted by Crippen LogP contribution is -2.43. The van der Waals surface area contributed by atoms with Gasteiger partial charge in [-0.3, -0.25) is 4.79 Å². The van der Waals surface area contributed by atoms with Crippen LogP contribution in [0.1, 0.15) is 38.6 Å². The Kier molecular flexibility index (Phi) is 6.34. The average molecular weight is 411 g/mol. The first-order valence-corrected chi connectivity index (χ1v) is 9.62. The van der Waals surface area contributed by atoms with E-state index in [1.54, 1.807) is 12.1 Å². The summed E-state index contributed by atoms with van der Waals surface area (Å²) in [5.41, 5.74) is 0.833. The minimum absolute atomic E-state index is 0. The Hall–Kier alpha value is -1.70. The predicted molar refractivity (Wildman–Crippen MR) is 106 cm³/mol. The lowest BCUT2D eigenvalue weighted by atomic mass is 10.1. The second-order valence-corrected chi connectivity index (χ2v) is 7.51. The summed E-state index contributed by atoms with van der Waals surface area (Å²) >= 11 is 5.93. The summed E-state index contributed by atoms with van der Waals surface area (Å²) in [4.78, 5) is 16.5. The zero-order chi connectivity index (χ0) is 18.1. The third kappa shape index (κ3) is 4.25. The van der Waals surface area contributed by atoms with Gasteiger partial charge in [-0.1, -0.05) is 18.5 Å². The van der Waals surface area contributed by atoms with Gasteiger partial charge < -0.3 is 10.2 Å². The number of rotatable bonds is 4. The molecular weight excluding hydrogens is 387 g/mol. The van der Waals surface area contributed by atoms with Crippen molar-refractivity contribution in [2.75, 3.05) is 13.1 Å². The van der Waals surface area contributed by atoms with Crippen LogP contribution < -0.4 is 5.32 Å². The van der Waals surface area contributed by atoms with Crippen LogP contribution in [0.3, 0.4) is 0 Å². The molecule has 2 aliphatic heterocycles. The van der Waals surface area contributed by atoms with Crippen molar-refractivity contribution in [1.29, 1.82) is 0 Å². The number of fused-ring (bicyclic) bond motifs is 2. The number of halogens is 2. The molecule has 3 atom stereocenters. The molecule has 0 saturated carbocycles. The highest BCUT2D eigenvalue weighted by Gasteiger charge is 2.34. The van der Waals surface area contributed by atoms with Gasteiger partial charge in [0.05, 0.1) is 0 Å². The van der Waals surface area contributed by atoms with Crippen molar-refractivity contribution >= 4 is 29.9 Å². The summed E-state index contributed by atoms with van der Waals surface area (Å²) in [5.74, 6) is 0.589. The van der Waals surface area contributed by atoms with Gasteiger partial charge in [-0.2, -0.15) is 4.80 Å². The molecule has 2 aromatic rings. The smallest absolute Gasteiger partial charge is 0.249 e. The van der Waals surface area contributed by atoms with Gasteiger partial charge in [-0.15, -0.1) is 22.6 Å². The third-order valence-corrected chi connectivity index (χ3v) is 5.57. The first-order valence-electron chi connectivity index (χ1n) is 9.24. The van der Waals surface area contributed by atoms with E-state index in [1.807, 2.05) is 24.0 Å². The Morgan fingerprint density at radius 1 is 1.26 bits per heavy atom. The number of carbonyl (C=O) groups is 1. The van der Waals surface area contributed by atoms with E-state index in [0.29, 0.717) is 29.4 Å². The topological polar surface area (TPSA) is 75.9 Å². The van der Waals surface area contributed by atoms with Crippen LogP contribution in [0, 0.1) is 0 Å². The molecule has 2 fully saturated rings. The Labute approximate surface area is 169 Å². The van der Waals surface area contributed by atoms with Crippen molar-refractivity contribution < 1.29 is 4.79 Å². The van der Waals surface area contributed by atoms with Gasteiger partial charge in [0.1, 0.15) is 0 Å². The Morgan fingerprint density at radius 2 is 2.00 bits per heavy atom. The van der Waals surface area contributed by atoms with Crippen molar-refractivity contribution in [3.8, 4) is 11.4 Å². The van der Waals surface area contributed by atoms with Gasteiger partial charge in [0.15, 0.2) is 6.04 Å². The van der Waals surface area contributed by atoms with E-state index in [0.717, 1.165) is 31.5 Å².